The highest BCUT2D eigenvalue weighted by molar-refractivity contribution is 7.80. The van der Waals surface area contributed by atoms with Gasteiger partial charge in [0.25, 0.3) is 0 Å². The molecule has 0 heterocycles. The van der Waals surface area contributed by atoms with Crippen molar-refractivity contribution in [1.29, 1.82) is 5.26 Å². The van der Waals surface area contributed by atoms with E-state index in [-0.39, 0.29) is 0 Å². The van der Waals surface area contributed by atoms with Crippen LogP contribution in [0.1, 0.15) is 24.5 Å². The van der Waals surface area contributed by atoms with E-state index in [1.165, 1.54) is 5.56 Å². The maximum absolute atomic E-state index is 8.67. The summed E-state index contributed by atoms with van der Waals surface area (Å²) in [5.74, 6) is 0. The Bertz CT molecular complexity index is 659. The normalized spacial score (nSPS) is 11.3. The smallest absolute Gasteiger partial charge is 0.170 e. The van der Waals surface area contributed by atoms with E-state index in [0.717, 1.165) is 24.1 Å². The van der Waals surface area contributed by atoms with Crippen molar-refractivity contribution in [2.45, 2.75) is 32.2 Å². The minimum atomic E-state index is 0.299. The van der Waals surface area contributed by atoms with Crippen molar-refractivity contribution < 1.29 is 0 Å². The summed E-state index contributed by atoms with van der Waals surface area (Å²) in [6.45, 7) is 2.13. The Morgan fingerprint density at radius 2 is 1.78 bits per heavy atom. The van der Waals surface area contributed by atoms with Crippen LogP contribution in [0.15, 0.2) is 54.6 Å². The molecule has 0 spiro atoms. The summed E-state index contributed by atoms with van der Waals surface area (Å²) >= 11 is 5.35. The second-order valence-electron chi connectivity index (χ2n) is 5.56. The van der Waals surface area contributed by atoms with E-state index >= 15 is 0 Å². The van der Waals surface area contributed by atoms with Gasteiger partial charge in [0.05, 0.1) is 12.5 Å². The largest absolute Gasteiger partial charge is 0.360 e. The summed E-state index contributed by atoms with van der Waals surface area (Å²) in [5.41, 5.74) is 3.28. The lowest BCUT2D eigenvalue weighted by atomic mass is 10.1. The van der Waals surface area contributed by atoms with Crippen LogP contribution in [-0.2, 0) is 12.8 Å². The highest BCUT2D eigenvalue weighted by Gasteiger charge is 2.05. The van der Waals surface area contributed by atoms with Crippen LogP contribution in [0.4, 0.5) is 5.69 Å². The number of thiocarbonyl (C=S) groups is 1. The maximum Gasteiger partial charge on any atom is 0.170 e. The Kier molecular flexibility index (Phi) is 6.58. The van der Waals surface area contributed by atoms with Crippen molar-refractivity contribution in [1.82, 2.24) is 5.32 Å². The Hall–Kier alpha value is -2.38. The topological polar surface area (TPSA) is 47.8 Å². The summed E-state index contributed by atoms with van der Waals surface area (Å²) < 4.78 is 0. The molecule has 0 aliphatic rings. The van der Waals surface area contributed by atoms with Crippen LogP contribution >= 0.6 is 12.2 Å². The van der Waals surface area contributed by atoms with Gasteiger partial charge in [-0.3, -0.25) is 0 Å². The van der Waals surface area contributed by atoms with E-state index in [1.807, 2.05) is 30.3 Å². The molecular weight excluding hydrogens is 302 g/mol. The highest BCUT2D eigenvalue weighted by atomic mass is 32.1. The van der Waals surface area contributed by atoms with Gasteiger partial charge in [-0.1, -0.05) is 42.5 Å². The second-order valence-corrected chi connectivity index (χ2v) is 5.96. The maximum atomic E-state index is 8.67. The summed E-state index contributed by atoms with van der Waals surface area (Å²) in [6, 6.07) is 20.6. The Morgan fingerprint density at radius 1 is 1.09 bits per heavy atom. The third kappa shape index (κ3) is 6.09. The van der Waals surface area contributed by atoms with Crippen LogP contribution in [0.2, 0.25) is 0 Å². The zero-order valence-corrected chi connectivity index (χ0v) is 14.1. The molecular formula is C19H21N3S. The van der Waals surface area contributed by atoms with Gasteiger partial charge in [0.15, 0.2) is 5.11 Å². The summed E-state index contributed by atoms with van der Waals surface area (Å²) in [5, 5.41) is 15.8. The molecule has 0 saturated carbocycles. The molecule has 23 heavy (non-hydrogen) atoms. The zero-order valence-electron chi connectivity index (χ0n) is 13.3. The Morgan fingerprint density at radius 3 is 2.43 bits per heavy atom. The standard InChI is InChI=1S/C19H21N3S/c1-15(7-8-16-5-3-2-4-6-16)21-19(23)22-18-11-9-17(10-12-18)13-14-20/h2-6,9-12,15H,7-8,13H2,1H3,(H2,21,22,23)/t15-/m1/s1. The number of aryl methyl sites for hydroxylation is 1. The molecule has 0 fully saturated rings. The molecule has 2 aromatic carbocycles. The lowest BCUT2D eigenvalue weighted by Crippen LogP contribution is -2.36. The summed E-state index contributed by atoms with van der Waals surface area (Å²) in [4.78, 5) is 0. The first-order chi connectivity index (χ1) is 11.2. The van der Waals surface area contributed by atoms with Crippen LogP contribution < -0.4 is 10.6 Å². The predicted octanol–water partition coefficient (Wildman–Crippen LogP) is 4.06. The highest BCUT2D eigenvalue weighted by Crippen LogP contribution is 2.10. The number of anilines is 1. The van der Waals surface area contributed by atoms with Gasteiger partial charge in [-0.2, -0.15) is 5.26 Å². The zero-order chi connectivity index (χ0) is 16.5. The number of nitriles is 1. The number of nitrogens with one attached hydrogen (secondary N) is 2. The molecule has 0 radical (unpaired) electrons. The third-order valence-corrected chi connectivity index (χ3v) is 3.80. The van der Waals surface area contributed by atoms with Crippen LogP contribution in [0.25, 0.3) is 0 Å². The first-order valence-corrected chi connectivity index (χ1v) is 8.15. The van der Waals surface area contributed by atoms with Gasteiger partial charge in [-0.05, 0) is 55.2 Å². The summed E-state index contributed by atoms with van der Waals surface area (Å²) in [6.07, 6.45) is 2.48. The average Bonchev–Trinajstić information content (AvgIpc) is 2.56. The lowest BCUT2D eigenvalue weighted by molar-refractivity contribution is 0.609. The lowest BCUT2D eigenvalue weighted by Gasteiger charge is -2.17. The molecule has 0 aromatic heterocycles. The second kappa shape index (κ2) is 8.92. The van der Waals surface area contributed by atoms with Crippen molar-refractivity contribution in [3.8, 4) is 6.07 Å². The molecule has 0 bridgehead atoms. The molecule has 0 aliphatic carbocycles. The number of hydrogen-bond donors (Lipinski definition) is 2. The first kappa shape index (κ1) is 17.0. The number of hydrogen-bond acceptors (Lipinski definition) is 2. The molecule has 118 valence electrons. The van der Waals surface area contributed by atoms with E-state index in [4.69, 9.17) is 17.5 Å². The molecule has 0 unspecified atom stereocenters. The monoisotopic (exact) mass is 323 g/mol. The fraction of sp³-hybridized carbons (Fsp3) is 0.263. The molecule has 0 aliphatic heterocycles. The van der Waals surface area contributed by atoms with E-state index in [2.05, 4.69) is 47.9 Å². The van der Waals surface area contributed by atoms with Gasteiger partial charge < -0.3 is 10.6 Å². The predicted molar refractivity (Wildman–Crippen MR) is 99.3 cm³/mol. The minimum Gasteiger partial charge on any atom is -0.360 e. The number of rotatable bonds is 6. The Balaban J connectivity index is 1.76. The van der Waals surface area contributed by atoms with Crippen LogP contribution in [-0.4, -0.2) is 11.2 Å². The molecule has 1 atom stereocenters. The fourth-order valence-corrected chi connectivity index (χ4v) is 2.61. The molecule has 3 nitrogen and oxygen atoms in total. The van der Waals surface area contributed by atoms with Crippen molar-refractivity contribution in [3.05, 3.63) is 65.7 Å². The van der Waals surface area contributed by atoms with Crippen molar-refractivity contribution in [3.63, 3.8) is 0 Å². The van der Waals surface area contributed by atoms with Gasteiger partial charge >= 0.3 is 0 Å². The van der Waals surface area contributed by atoms with E-state index < -0.39 is 0 Å². The van der Waals surface area contributed by atoms with Gasteiger partial charge in [-0.25, -0.2) is 0 Å². The van der Waals surface area contributed by atoms with Gasteiger partial charge in [-0.15, -0.1) is 0 Å². The third-order valence-electron chi connectivity index (χ3n) is 3.58. The van der Waals surface area contributed by atoms with Crippen molar-refractivity contribution in [2.75, 3.05) is 5.32 Å². The molecule has 2 rings (SSSR count). The van der Waals surface area contributed by atoms with E-state index in [9.17, 15) is 0 Å². The molecule has 2 aromatic rings. The first-order valence-electron chi connectivity index (χ1n) is 7.74. The number of nitrogens with zero attached hydrogens (tertiary/aromatic N) is 1. The molecule has 4 heteroatoms. The van der Waals surface area contributed by atoms with Crippen LogP contribution in [0.5, 0.6) is 0 Å². The van der Waals surface area contributed by atoms with E-state index in [1.54, 1.807) is 0 Å². The molecule has 2 N–H and O–H groups in total. The molecule has 0 saturated heterocycles. The number of benzene rings is 2. The van der Waals surface area contributed by atoms with Crippen LogP contribution in [0, 0.1) is 11.3 Å². The minimum absolute atomic E-state index is 0.299. The average molecular weight is 323 g/mol. The van der Waals surface area contributed by atoms with Gasteiger partial charge in [0.1, 0.15) is 0 Å². The van der Waals surface area contributed by atoms with Gasteiger partial charge in [0.2, 0.25) is 0 Å². The van der Waals surface area contributed by atoms with Crippen LogP contribution in [0.3, 0.4) is 0 Å². The van der Waals surface area contributed by atoms with E-state index in [0.29, 0.717) is 17.6 Å². The van der Waals surface area contributed by atoms with Gasteiger partial charge in [0, 0.05) is 11.7 Å². The SMILES string of the molecule is C[C@H](CCc1ccccc1)NC(=S)Nc1ccc(CC#N)cc1. The molecule has 0 amide bonds. The van der Waals surface area contributed by atoms with Crippen molar-refractivity contribution in [2.24, 2.45) is 0 Å². The fourth-order valence-electron chi connectivity index (χ4n) is 2.29. The van der Waals surface area contributed by atoms with Crippen molar-refractivity contribution >= 4 is 23.0 Å². The quantitative estimate of drug-likeness (QED) is 0.787. The summed E-state index contributed by atoms with van der Waals surface area (Å²) in [7, 11) is 0. The Labute approximate surface area is 143 Å².